The SMILES string of the molecule is COC(=O)c1cc(C2CCCC2(C)C)c(OS(=O)(=O)C(F)(F)F)cc1F. The average Bonchev–Trinajstić information content (AvgIpc) is 2.84. The van der Waals surface area contributed by atoms with Crippen LogP contribution in [0.25, 0.3) is 0 Å². The van der Waals surface area contributed by atoms with Crippen molar-refractivity contribution in [3.05, 3.63) is 29.1 Å². The number of hydrogen-bond acceptors (Lipinski definition) is 5. The van der Waals surface area contributed by atoms with Crippen LogP contribution in [0.15, 0.2) is 12.1 Å². The smallest absolute Gasteiger partial charge is 0.465 e. The Kier molecular flexibility index (Phi) is 5.29. The van der Waals surface area contributed by atoms with E-state index < -0.39 is 50.1 Å². The molecule has 1 aromatic carbocycles. The van der Waals surface area contributed by atoms with Crippen LogP contribution in [0.4, 0.5) is 17.6 Å². The maximum Gasteiger partial charge on any atom is 0.534 e. The predicted octanol–water partition coefficient (Wildman–Crippen LogP) is 4.13. The molecular formula is C16H18F4O5S. The van der Waals surface area contributed by atoms with Gasteiger partial charge in [-0.1, -0.05) is 20.3 Å². The predicted molar refractivity (Wildman–Crippen MR) is 83.7 cm³/mol. The normalized spacial score (nSPS) is 20.0. The molecular weight excluding hydrogens is 380 g/mol. The van der Waals surface area contributed by atoms with Crippen LogP contribution in [0.2, 0.25) is 0 Å². The number of ether oxygens (including phenoxy) is 1. The average molecular weight is 398 g/mol. The van der Waals surface area contributed by atoms with Crippen molar-refractivity contribution in [3.63, 3.8) is 0 Å². The highest BCUT2D eigenvalue weighted by Crippen LogP contribution is 2.51. The van der Waals surface area contributed by atoms with Crippen LogP contribution in [0.3, 0.4) is 0 Å². The highest BCUT2D eigenvalue weighted by molar-refractivity contribution is 7.88. The van der Waals surface area contributed by atoms with Crippen LogP contribution in [0.1, 0.15) is 54.9 Å². The molecule has 1 aliphatic rings. The molecule has 0 N–H and O–H groups in total. The van der Waals surface area contributed by atoms with E-state index in [-0.39, 0.29) is 5.56 Å². The Bertz CT molecular complexity index is 815. The minimum Gasteiger partial charge on any atom is -0.465 e. The largest absolute Gasteiger partial charge is 0.534 e. The van der Waals surface area contributed by atoms with Crippen molar-refractivity contribution in [1.29, 1.82) is 0 Å². The van der Waals surface area contributed by atoms with Gasteiger partial charge in [-0.25, -0.2) is 9.18 Å². The van der Waals surface area contributed by atoms with Crippen molar-refractivity contribution in [2.45, 2.75) is 44.5 Å². The lowest BCUT2D eigenvalue weighted by molar-refractivity contribution is -0.0500. The summed E-state index contributed by atoms with van der Waals surface area (Å²) < 4.78 is 83.6. The highest BCUT2D eigenvalue weighted by atomic mass is 32.2. The summed E-state index contributed by atoms with van der Waals surface area (Å²) in [6.07, 6.45) is 2.00. The van der Waals surface area contributed by atoms with Gasteiger partial charge >= 0.3 is 21.6 Å². The second-order valence-corrected chi connectivity index (χ2v) is 8.32. The zero-order valence-corrected chi connectivity index (χ0v) is 15.1. The van der Waals surface area contributed by atoms with Gasteiger partial charge in [0, 0.05) is 11.6 Å². The van der Waals surface area contributed by atoms with Crippen molar-refractivity contribution < 1.29 is 39.7 Å². The summed E-state index contributed by atoms with van der Waals surface area (Å²) >= 11 is 0. The van der Waals surface area contributed by atoms with E-state index in [4.69, 9.17) is 0 Å². The van der Waals surface area contributed by atoms with E-state index in [1.165, 1.54) is 0 Å². The molecule has 1 aliphatic carbocycles. The van der Waals surface area contributed by atoms with E-state index in [1.54, 1.807) is 0 Å². The van der Waals surface area contributed by atoms with Crippen LogP contribution < -0.4 is 4.18 Å². The number of alkyl halides is 3. The van der Waals surface area contributed by atoms with Crippen molar-refractivity contribution in [3.8, 4) is 5.75 Å². The first-order chi connectivity index (χ1) is 11.8. The zero-order chi connectivity index (χ0) is 19.9. The Labute approximate surface area is 148 Å². The monoisotopic (exact) mass is 398 g/mol. The van der Waals surface area contributed by atoms with Gasteiger partial charge in [-0.05, 0) is 30.2 Å². The summed E-state index contributed by atoms with van der Waals surface area (Å²) in [6.45, 7) is 3.71. The third kappa shape index (κ3) is 3.79. The van der Waals surface area contributed by atoms with E-state index in [0.29, 0.717) is 12.5 Å². The van der Waals surface area contributed by atoms with E-state index >= 15 is 0 Å². The van der Waals surface area contributed by atoms with E-state index in [0.717, 1.165) is 26.0 Å². The van der Waals surface area contributed by atoms with E-state index in [2.05, 4.69) is 8.92 Å². The molecule has 1 fully saturated rings. The first kappa shape index (κ1) is 20.5. The lowest BCUT2D eigenvalue weighted by atomic mass is 9.77. The molecule has 26 heavy (non-hydrogen) atoms. The minimum atomic E-state index is -5.98. The zero-order valence-electron chi connectivity index (χ0n) is 14.3. The molecule has 0 bridgehead atoms. The lowest BCUT2D eigenvalue weighted by Crippen LogP contribution is -2.29. The van der Waals surface area contributed by atoms with E-state index in [1.807, 2.05) is 13.8 Å². The van der Waals surface area contributed by atoms with Crippen molar-refractivity contribution >= 4 is 16.1 Å². The Morgan fingerprint density at radius 3 is 2.35 bits per heavy atom. The molecule has 0 amide bonds. The number of carbonyl (C=O) groups is 1. The summed E-state index contributed by atoms with van der Waals surface area (Å²) in [5, 5.41) is 0. The van der Waals surface area contributed by atoms with E-state index in [9.17, 15) is 30.8 Å². The third-order valence-electron chi connectivity index (χ3n) is 4.62. The molecule has 10 heteroatoms. The maximum atomic E-state index is 14.2. The van der Waals surface area contributed by atoms with Gasteiger partial charge in [0.15, 0.2) is 0 Å². The fraction of sp³-hybridized carbons (Fsp3) is 0.562. The van der Waals surface area contributed by atoms with Gasteiger partial charge in [0.2, 0.25) is 0 Å². The molecule has 1 atom stereocenters. The van der Waals surface area contributed by atoms with Gasteiger partial charge in [0.05, 0.1) is 12.7 Å². The van der Waals surface area contributed by atoms with Gasteiger partial charge in [-0.15, -0.1) is 0 Å². The number of benzene rings is 1. The summed E-state index contributed by atoms with van der Waals surface area (Å²) in [4.78, 5) is 11.7. The van der Waals surface area contributed by atoms with Crippen LogP contribution >= 0.6 is 0 Å². The van der Waals surface area contributed by atoms with Crippen LogP contribution in [-0.2, 0) is 14.9 Å². The van der Waals surface area contributed by atoms with Gasteiger partial charge in [-0.2, -0.15) is 21.6 Å². The minimum absolute atomic E-state index is 0.0297. The standard InChI is InChI=1S/C16H18F4O5S/c1-15(2)6-4-5-11(15)9-7-10(14(21)24-3)12(17)8-13(9)25-26(22,23)16(18,19)20/h7-8,11H,4-6H2,1-3H3. The molecule has 5 nitrogen and oxygen atoms in total. The summed E-state index contributed by atoms with van der Waals surface area (Å²) in [5.41, 5.74) is -6.53. The second-order valence-electron chi connectivity index (χ2n) is 6.78. The Morgan fingerprint density at radius 1 is 1.27 bits per heavy atom. The van der Waals surface area contributed by atoms with Crippen LogP contribution in [-0.4, -0.2) is 27.0 Å². The van der Waals surface area contributed by atoms with Crippen LogP contribution in [0, 0.1) is 11.2 Å². The second kappa shape index (κ2) is 6.71. The van der Waals surface area contributed by atoms with Gasteiger partial charge in [0.25, 0.3) is 0 Å². The Morgan fingerprint density at radius 2 is 1.88 bits per heavy atom. The van der Waals surface area contributed by atoms with Crippen molar-refractivity contribution in [2.75, 3.05) is 7.11 Å². The number of esters is 1. The van der Waals surface area contributed by atoms with Crippen LogP contribution in [0.5, 0.6) is 5.75 Å². The third-order valence-corrected chi connectivity index (χ3v) is 5.59. The number of methoxy groups -OCH3 is 1. The molecule has 146 valence electrons. The van der Waals surface area contributed by atoms with Gasteiger partial charge in [0.1, 0.15) is 11.6 Å². The lowest BCUT2D eigenvalue weighted by Gasteiger charge is -2.29. The first-order valence-electron chi connectivity index (χ1n) is 7.72. The number of carbonyl (C=O) groups excluding carboxylic acids is 1. The maximum absolute atomic E-state index is 14.2. The highest BCUT2D eigenvalue weighted by Gasteiger charge is 2.49. The van der Waals surface area contributed by atoms with Gasteiger partial charge < -0.3 is 8.92 Å². The molecule has 1 aromatic rings. The van der Waals surface area contributed by atoms with Gasteiger partial charge in [-0.3, -0.25) is 0 Å². The molecule has 1 saturated carbocycles. The molecule has 0 radical (unpaired) electrons. The van der Waals surface area contributed by atoms with Crippen molar-refractivity contribution in [2.24, 2.45) is 5.41 Å². The molecule has 2 rings (SSSR count). The molecule has 0 saturated heterocycles. The topological polar surface area (TPSA) is 69.7 Å². The molecule has 0 spiro atoms. The Hall–Kier alpha value is -1.84. The first-order valence-corrected chi connectivity index (χ1v) is 9.13. The fourth-order valence-corrected chi connectivity index (χ4v) is 3.73. The quantitative estimate of drug-likeness (QED) is 0.330. The molecule has 0 heterocycles. The number of hydrogen-bond donors (Lipinski definition) is 0. The Balaban J connectivity index is 2.63. The number of halogens is 4. The molecule has 0 aromatic heterocycles. The molecule has 1 unspecified atom stereocenters. The summed E-state index contributed by atoms with van der Waals surface area (Å²) in [6, 6.07) is 1.50. The number of rotatable bonds is 4. The fourth-order valence-electron chi connectivity index (χ4n) is 3.25. The summed E-state index contributed by atoms with van der Waals surface area (Å²) in [7, 11) is -4.95. The van der Waals surface area contributed by atoms with Crippen molar-refractivity contribution in [1.82, 2.24) is 0 Å². The summed E-state index contributed by atoms with van der Waals surface area (Å²) in [5.74, 6) is -3.44. The molecule has 0 aliphatic heterocycles.